The van der Waals surface area contributed by atoms with Crippen LogP contribution < -0.4 is 10.6 Å². The Morgan fingerprint density at radius 2 is 1.62 bits per heavy atom. The van der Waals surface area contributed by atoms with Gasteiger partial charge in [0.15, 0.2) is 0 Å². The van der Waals surface area contributed by atoms with Crippen LogP contribution in [0, 0.1) is 0 Å². The second-order valence-electron chi connectivity index (χ2n) is 6.97. The Kier molecular flexibility index (Phi) is 5.96. The van der Waals surface area contributed by atoms with E-state index < -0.39 is 0 Å². The summed E-state index contributed by atoms with van der Waals surface area (Å²) in [6.45, 7) is 0.561. The number of benzene rings is 3. The molecule has 0 saturated heterocycles. The summed E-state index contributed by atoms with van der Waals surface area (Å²) in [5.74, 6) is 0.474. The van der Waals surface area contributed by atoms with Crippen LogP contribution in [0.25, 0.3) is 0 Å². The predicted molar refractivity (Wildman–Crippen MR) is 117 cm³/mol. The van der Waals surface area contributed by atoms with Crippen molar-refractivity contribution in [1.82, 2.24) is 5.32 Å². The molecule has 1 aliphatic rings. The van der Waals surface area contributed by atoms with E-state index in [0.29, 0.717) is 23.5 Å². The number of anilines is 1. The largest absolute Gasteiger partial charge is 0.352 e. The fraction of sp³-hybridized carbons (Fsp3) is 0.167. The van der Waals surface area contributed by atoms with Gasteiger partial charge in [-0.15, -0.1) is 11.8 Å². The number of amides is 2. The minimum absolute atomic E-state index is 0.0337. The Morgan fingerprint density at radius 1 is 0.966 bits per heavy atom. The first-order valence-electron chi connectivity index (χ1n) is 9.65. The van der Waals surface area contributed by atoms with E-state index in [1.807, 2.05) is 48.5 Å². The third-order valence-electron chi connectivity index (χ3n) is 5.00. The summed E-state index contributed by atoms with van der Waals surface area (Å²) in [6, 6.07) is 26.2. The van der Waals surface area contributed by atoms with Gasteiger partial charge in [0, 0.05) is 22.9 Å². The molecule has 0 atom stereocenters. The molecule has 1 aliphatic heterocycles. The lowest BCUT2D eigenvalue weighted by molar-refractivity contribution is -0.113. The lowest BCUT2D eigenvalue weighted by atomic mass is 9.88. The highest BCUT2D eigenvalue weighted by Crippen LogP contribution is 2.32. The van der Waals surface area contributed by atoms with Gasteiger partial charge in [0.25, 0.3) is 5.91 Å². The number of carbonyl (C=O) groups is 2. The van der Waals surface area contributed by atoms with Crippen LogP contribution in [0.15, 0.2) is 83.8 Å². The number of hydrogen-bond donors (Lipinski definition) is 2. The van der Waals surface area contributed by atoms with Gasteiger partial charge < -0.3 is 10.6 Å². The molecule has 1 heterocycles. The highest BCUT2D eigenvalue weighted by Gasteiger charge is 2.18. The number of rotatable bonds is 6. The maximum absolute atomic E-state index is 12.6. The minimum atomic E-state index is -0.127. The number of carbonyl (C=O) groups excluding carboxylic acids is 2. The molecule has 29 heavy (non-hydrogen) atoms. The van der Waals surface area contributed by atoms with Gasteiger partial charge in [-0.3, -0.25) is 9.59 Å². The summed E-state index contributed by atoms with van der Waals surface area (Å²) in [5, 5.41) is 5.86. The smallest absolute Gasteiger partial charge is 0.251 e. The van der Waals surface area contributed by atoms with E-state index in [9.17, 15) is 9.59 Å². The van der Waals surface area contributed by atoms with Crippen molar-refractivity contribution in [2.45, 2.75) is 17.2 Å². The standard InChI is InChI=1S/C24H22N2O2S/c27-23-16-29-22-12-11-19(15-21(22)26-23)24(28)25-14-13-20(17-7-3-1-4-8-17)18-9-5-2-6-10-18/h1-12,15,20H,13-14,16H2,(H,25,28)(H,26,27). The molecule has 3 aromatic carbocycles. The SMILES string of the molecule is O=C1CSc2ccc(C(=O)NCCC(c3ccccc3)c3ccccc3)cc2N1. The molecule has 4 rings (SSSR count). The summed E-state index contributed by atoms with van der Waals surface area (Å²) in [5.41, 5.74) is 3.75. The van der Waals surface area contributed by atoms with E-state index in [-0.39, 0.29) is 17.7 Å². The van der Waals surface area contributed by atoms with Crippen LogP contribution in [0.3, 0.4) is 0 Å². The van der Waals surface area contributed by atoms with Crippen molar-refractivity contribution < 1.29 is 9.59 Å². The molecule has 0 aliphatic carbocycles. The van der Waals surface area contributed by atoms with E-state index in [4.69, 9.17) is 0 Å². The van der Waals surface area contributed by atoms with Gasteiger partial charge in [-0.25, -0.2) is 0 Å². The average Bonchev–Trinajstić information content (AvgIpc) is 2.77. The molecule has 0 spiro atoms. The lowest BCUT2D eigenvalue weighted by Gasteiger charge is -2.19. The number of hydrogen-bond acceptors (Lipinski definition) is 3. The van der Waals surface area contributed by atoms with E-state index in [2.05, 4.69) is 34.9 Å². The average molecular weight is 403 g/mol. The minimum Gasteiger partial charge on any atom is -0.352 e. The van der Waals surface area contributed by atoms with Crippen LogP contribution in [0.5, 0.6) is 0 Å². The quantitative estimate of drug-likeness (QED) is 0.629. The third-order valence-corrected chi connectivity index (χ3v) is 6.07. The second kappa shape index (κ2) is 8.97. The van der Waals surface area contributed by atoms with Crippen LogP contribution in [-0.4, -0.2) is 24.1 Å². The molecule has 0 unspecified atom stereocenters. The fourth-order valence-corrected chi connectivity index (χ4v) is 4.34. The molecule has 2 amide bonds. The molecule has 0 radical (unpaired) electrons. The molecule has 3 aromatic rings. The van der Waals surface area contributed by atoms with Gasteiger partial charge in [0.05, 0.1) is 11.4 Å². The maximum Gasteiger partial charge on any atom is 0.251 e. The summed E-state index contributed by atoms with van der Waals surface area (Å²) in [4.78, 5) is 25.2. The molecule has 0 aromatic heterocycles. The van der Waals surface area contributed by atoms with Crippen molar-refractivity contribution >= 4 is 29.3 Å². The van der Waals surface area contributed by atoms with E-state index in [1.54, 1.807) is 6.07 Å². The van der Waals surface area contributed by atoms with Crippen LogP contribution in [-0.2, 0) is 4.79 Å². The first-order valence-corrected chi connectivity index (χ1v) is 10.6. The van der Waals surface area contributed by atoms with Crippen LogP contribution in [0.1, 0.15) is 33.8 Å². The molecule has 146 valence electrons. The Labute approximate surface area is 174 Å². The summed E-state index contributed by atoms with van der Waals surface area (Å²) in [6.07, 6.45) is 0.803. The van der Waals surface area contributed by atoms with Crippen molar-refractivity contribution in [1.29, 1.82) is 0 Å². The number of fused-ring (bicyclic) bond motifs is 1. The highest BCUT2D eigenvalue weighted by atomic mass is 32.2. The van der Waals surface area contributed by atoms with Gasteiger partial charge in [0.2, 0.25) is 5.91 Å². The zero-order chi connectivity index (χ0) is 20.1. The zero-order valence-electron chi connectivity index (χ0n) is 15.9. The molecule has 0 saturated carbocycles. The van der Waals surface area contributed by atoms with Crippen LogP contribution in [0.2, 0.25) is 0 Å². The topological polar surface area (TPSA) is 58.2 Å². The molecule has 2 N–H and O–H groups in total. The Hall–Kier alpha value is -3.05. The zero-order valence-corrected chi connectivity index (χ0v) is 16.7. The maximum atomic E-state index is 12.6. The highest BCUT2D eigenvalue weighted by molar-refractivity contribution is 8.00. The number of nitrogens with one attached hydrogen (secondary N) is 2. The molecule has 0 fully saturated rings. The van der Waals surface area contributed by atoms with Crippen molar-refractivity contribution in [3.8, 4) is 0 Å². The molecule has 0 bridgehead atoms. The van der Waals surface area contributed by atoms with E-state index >= 15 is 0 Å². The predicted octanol–water partition coefficient (Wildman–Crippen LogP) is 4.68. The summed E-state index contributed by atoms with van der Waals surface area (Å²) < 4.78 is 0. The van der Waals surface area contributed by atoms with E-state index in [0.717, 1.165) is 11.3 Å². The summed E-state index contributed by atoms with van der Waals surface area (Å²) >= 11 is 1.49. The van der Waals surface area contributed by atoms with Gasteiger partial charge in [-0.2, -0.15) is 0 Å². The first kappa shape index (κ1) is 19.3. The van der Waals surface area contributed by atoms with Crippen LogP contribution in [0.4, 0.5) is 5.69 Å². The third kappa shape index (κ3) is 4.69. The molecular weight excluding hydrogens is 380 g/mol. The van der Waals surface area contributed by atoms with Crippen molar-refractivity contribution in [3.05, 3.63) is 95.6 Å². The molecule has 5 heteroatoms. The van der Waals surface area contributed by atoms with E-state index in [1.165, 1.54) is 22.9 Å². The summed E-state index contributed by atoms with van der Waals surface area (Å²) in [7, 11) is 0. The Morgan fingerprint density at radius 3 is 2.28 bits per heavy atom. The van der Waals surface area contributed by atoms with Gasteiger partial charge >= 0.3 is 0 Å². The monoisotopic (exact) mass is 402 g/mol. The first-order chi connectivity index (χ1) is 14.2. The Balaban J connectivity index is 1.43. The van der Waals surface area contributed by atoms with Crippen molar-refractivity contribution in [2.24, 2.45) is 0 Å². The van der Waals surface area contributed by atoms with Crippen molar-refractivity contribution in [3.63, 3.8) is 0 Å². The van der Waals surface area contributed by atoms with Crippen LogP contribution >= 0.6 is 11.8 Å². The Bertz CT molecular complexity index is 966. The molecular formula is C24H22N2O2S. The van der Waals surface area contributed by atoms with Gasteiger partial charge in [-0.05, 0) is 35.7 Å². The molecule has 4 nitrogen and oxygen atoms in total. The normalized spacial score (nSPS) is 12.9. The lowest BCUT2D eigenvalue weighted by Crippen LogP contribution is -2.26. The fourth-order valence-electron chi connectivity index (χ4n) is 3.55. The van der Waals surface area contributed by atoms with Gasteiger partial charge in [0.1, 0.15) is 0 Å². The second-order valence-corrected chi connectivity index (χ2v) is 7.98. The number of thioether (sulfide) groups is 1. The van der Waals surface area contributed by atoms with Gasteiger partial charge in [-0.1, -0.05) is 60.7 Å². The van der Waals surface area contributed by atoms with Crippen molar-refractivity contribution in [2.75, 3.05) is 17.6 Å².